The third-order valence-corrected chi connectivity index (χ3v) is 3.78. The number of ketones is 2. The van der Waals surface area contributed by atoms with Gasteiger partial charge in [-0.25, -0.2) is 13.6 Å². The summed E-state index contributed by atoms with van der Waals surface area (Å²) in [5.74, 6) is -1.92. The molecule has 0 aliphatic rings. The van der Waals surface area contributed by atoms with E-state index >= 15 is 0 Å². The first-order valence-corrected chi connectivity index (χ1v) is 7.25. The molecular formula is C10H12N4O6S. The van der Waals surface area contributed by atoms with Crippen molar-refractivity contribution in [2.45, 2.75) is 25.0 Å². The Bertz CT molecular complexity index is 669. The molecular weight excluding hydrogens is 304 g/mol. The van der Waals surface area contributed by atoms with E-state index in [0.29, 0.717) is 0 Å². The normalized spacial score (nSPS) is 12.7. The van der Waals surface area contributed by atoms with Crippen molar-refractivity contribution in [3.05, 3.63) is 28.1 Å². The van der Waals surface area contributed by atoms with Crippen molar-refractivity contribution in [3.8, 4) is 0 Å². The Hall–Kier alpha value is -2.27. The summed E-state index contributed by atoms with van der Waals surface area (Å²) in [6, 6.07) is 0. The van der Waals surface area contributed by atoms with Crippen LogP contribution in [-0.4, -0.2) is 40.1 Å². The van der Waals surface area contributed by atoms with Crippen molar-refractivity contribution in [1.82, 2.24) is 9.97 Å². The van der Waals surface area contributed by atoms with Gasteiger partial charge in [-0.3, -0.25) is 4.79 Å². The molecule has 0 amide bonds. The van der Waals surface area contributed by atoms with Gasteiger partial charge in [-0.1, -0.05) is 9.97 Å². The highest BCUT2D eigenvalue weighted by Gasteiger charge is 2.32. The van der Waals surface area contributed by atoms with Crippen LogP contribution in [-0.2, 0) is 14.8 Å². The minimum absolute atomic E-state index is 0.138. The Labute approximate surface area is 119 Å². The summed E-state index contributed by atoms with van der Waals surface area (Å²) in [6.07, 6.45) is 1.28. The predicted molar refractivity (Wildman–Crippen MR) is 69.8 cm³/mol. The fourth-order valence-corrected chi connectivity index (χ4v) is 2.39. The third kappa shape index (κ3) is 4.65. The molecule has 10 nitrogen and oxygen atoms in total. The van der Waals surface area contributed by atoms with Gasteiger partial charge in [-0.15, -0.1) is 0 Å². The zero-order valence-electron chi connectivity index (χ0n) is 10.9. The minimum atomic E-state index is -4.23. The van der Waals surface area contributed by atoms with E-state index in [1.807, 2.05) is 0 Å². The molecule has 1 rings (SSSR count). The van der Waals surface area contributed by atoms with Gasteiger partial charge in [0, 0.05) is 6.42 Å². The van der Waals surface area contributed by atoms with Crippen LogP contribution in [0.5, 0.6) is 0 Å². The van der Waals surface area contributed by atoms with Gasteiger partial charge >= 0.3 is 5.95 Å². The number of nitro groups is 1. The lowest BCUT2D eigenvalue weighted by Crippen LogP contribution is -2.36. The molecule has 114 valence electrons. The number of primary sulfonamides is 1. The number of hydrogen-bond donors (Lipinski definition) is 1. The van der Waals surface area contributed by atoms with Crippen molar-refractivity contribution in [2.75, 3.05) is 0 Å². The van der Waals surface area contributed by atoms with E-state index in [4.69, 9.17) is 5.14 Å². The van der Waals surface area contributed by atoms with Gasteiger partial charge in [0.1, 0.15) is 23.4 Å². The monoisotopic (exact) mass is 316 g/mol. The molecule has 2 N–H and O–H groups in total. The lowest BCUT2D eigenvalue weighted by molar-refractivity contribution is -0.394. The van der Waals surface area contributed by atoms with Gasteiger partial charge in [0.2, 0.25) is 10.0 Å². The Morgan fingerprint density at radius 3 is 2.29 bits per heavy atom. The van der Waals surface area contributed by atoms with Crippen molar-refractivity contribution in [1.29, 1.82) is 0 Å². The molecule has 1 unspecified atom stereocenters. The van der Waals surface area contributed by atoms with Gasteiger partial charge in [0.15, 0.2) is 5.78 Å². The predicted octanol–water partition coefficient (Wildman–Crippen LogP) is -0.406. The zero-order valence-corrected chi connectivity index (χ0v) is 11.7. The van der Waals surface area contributed by atoms with Crippen LogP contribution >= 0.6 is 0 Å². The van der Waals surface area contributed by atoms with E-state index in [1.54, 1.807) is 0 Å². The quantitative estimate of drug-likeness (QED) is 0.403. The number of carbonyl (C=O) groups excluding carboxylic acids is 2. The first-order chi connectivity index (χ1) is 9.62. The van der Waals surface area contributed by atoms with Crippen LogP contribution < -0.4 is 5.14 Å². The van der Waals surface area contributed by atoms with E-state index < -0.39 is 31.9 Å². The highest BCUT2D eigenvalue weighted by Crippen LogP contribution is 2.14. The number of Topliss-reactive ketones (excluding diaryl/α,β-unsaturated/α-hetero) is 2. The first kappa shape index (κ1) is 16.8. The van der Waals surface area contributed by atoms with Crippen LogP contribution in [0.15, 0.2) is 12.4 Å². The molecule has 0 fully saturated rings. The lowest BCUT2D eigenvalue weighted by Gasteiger charge is -2.11. The topological polar surface area (TPSA) is 163 Å². The number of aromatic nitrogens is 2. The molecule has 21 heavy (non-hydrogen) atoms. The SMILES string of the molecule is CC(=O)CCC(C(=O)c1cnc([N+](=O)[O-])nc1)S(N)(=O)=O. The Morgan fingerprint density at radius 1 is 1.38 bits per heavy atom. The summed E-state index contributed by atoms with van der Waals surface area (Å²) in [5, 5.41) is 13.7. The van der Waals surface area contributed by atoms with E-state index in [9.17, 15) is 28.1 Å². The molecule has 0 radical (unpaired) electrons. The van der Waals surface area contributed by atoms with E-state index in [-0.39, 0.29) is 24.2 Å². The van der Waals surface area contributed by atoms with E-state index in [2.05, 4.69) is 9.97 Å². The van der Waals surface area contributed by atoms with Crippen molar-refractivity contribution < 1.29 is 22.9 Å². The molecule has 0 saturated carbocycles. The van der Waals surface area contributed by atoms with Crippen molar-refractivity contribution in [3.63, 3.8) is 0 Å². The number of rotatable bonds is 7. The maximum absolute atomic E-state index is 12.1. The summed E-state index contributed by atoms with van der Waals surface area (Å²) < 4.78 is 22.9. The average molecular weight is 316 g/mol. The highest BCUT2D eigenvalue weighted by atomic mass is 32.2. The second-order valence-corrected chi connectivity index (χ2v) is 5.96. The van der Waals surface area contributed by atoms with Crippen molar-refractivity contribution in [2.24, 2.45) is 5.14 Å². The van der Waals surface area contributed by atoms with Gasteiger partial charge < -0.3 is 14.9 Å². The standard InChI is InChI=1S/C10H12N4O6S/c1-6(15)2-3-8(21(11,19)20)9(16)7-4-12-10(13-5-7)14(17)18/h4-5,8H,2-3H2,1H3,(H2,11,19,20). The molecule has 1 heterocycles. The Balaban J connectivity index is 3.05. The molecule has 1 aromatic heterocycles. The second-order valence-electron chi connectivity index (χ2n) is 4.21. The summed E-state index contributed by atoms with van der Waals surface area (Å²) >= 11 is 0. The summed E-state index contributed by atoms with van der Waals surface area (Å²) in [4.78, 5) is 39.2. The number of sulfonamides is 1. The Morgan fingerprint density at radius 2 is 1.90 bits per heavy atom. The smallest absolute Gasteiger partial charge is 0.390 e. The van der Waals surface area contributed by atoms with Gasteiger partial charge in [0.25, 0.3) is 0 Å². The lowest BCUT2D eigenvalue weighted by atomic mass is 10.1. The van der Waals surface area contributed by atoms with Crippen LogP contribution in [0.1, 0.15) is 30.1 Å². The van der Waals surface area contributed by atoms with Crippen LogP contribution in [0, 0.1) is 10.1 Å². The number of carbonyl (C=O) groups is 2. The summed E-state index contributed by atoms with van der Waals surface area (Å²) in [7, 11) is -4.23. The van der Waals surface area contributed by atoms with Gasteiger partial charge in [-0.2, -0.15) is 0 Å². The maximum Gasteiger partial charge on any atom is 0.468 e. The highest BCUT2D eigenvalue weighted by molar-refractivity contribution is 7.90. The molecule has 0 saturated heterocycles. The fraction of sp³-hybridized carbons (Fsp3) is 0.400. The van der Waals surface area contributed by atoms with E-state index in [0.717, 1.165) is 12.4 Å². The molecule has 0 bridgehead atoms. The Kier molecular flexibility index (Phi) is 5.16. The first-order valence-electron chi connectivity index (χ1n) is 5.64. The second kappa shape index (κ2) is 6.45. The molecule has 11 heteroatoms. The molecule has 1 atom stereocenters. The number of nitrogens with zero attached hydrogens (tertiary/aromatic N) is 3. The average Bonchev–Trinajstić information content (AvgIpc) is 2.36. The maximum atomic E-state index is 12.1. The van der Waals surface area contributed by atoms with Gasteiger partial charge in [-0.05, 0) is 18.3 Å². The molecule has 1 aromatic rings. The minimum Gasteiger partial charge on any atom is -0.390 e. The molecule has 0 aromatic carbocycles. The third-order valence-electron chi connectivity index (χ3n) is 2.53. The van der Waals surface area contributed by atoms with Gasteiger partial charge in [0.05, 0.1) is 5.56 Å². The van der Waals surface area contributed by atoms with E-state index in [1.165, 1.54) is 6.92 Å². The van der Waals surface area contributed by atoms with Crippen LogP contribution in [0.2, 0.25) is 0 Å². The molecule has 0 aliphatic carbocycles. The number of nitrogens with two attached hydrogens (primary N) is 1. The molecule has 0 aliphatic heterocycles. The largest absolute Gasteiger partial charge is 0.468 e. The number of hydrogen-bond acceptors (Lipinski definition) is 8. The van der Waals surface area contributed by atoms with Crippen LogP contribution in [0.4, 0.5) is 5.95 Å². The summed E-state index contributed by atoms with van der Waals surface area (Å²) in [6.45, 7) is 1.25. The van der Waals surface area contributed by atoms with Crippen LogP contribution in [0.25, 0.3) is 0 Å². The van der Waals surface area contributed by atoms with Crippen molar-refractivity contribution >= 4 is 27.5 Å². The summed E-state index contributed by atoms with van der Waals surface area (Å²) in [5.41, 5.74) is -0.233. The van der Waals surface area contributed by atoms with Crippen LogP contribution in [0.3, 0.4) is 0 Å². The molecule has 0 spiro atoms. The zero-order chi connectivity index (χ0) is 16.2. The fourth-order valence-electron chi connectivity index (χ4n) is 1.51.